The molecule has 0 radical (unpaired) electrons. The Morgan fingerprint density at radius 3 is 2.62 bits per heavy atom. The monoisotopic (exact) mass is 218 g/mol. The Balaban J connectivity index is 3.06. The quantitative estimate of drug-likeness (QED) is 0.779. The zero-order chi connectivity index (χ0) is 12.1. The molecule has 16 heavy (non-hydrogen) atoms. The molecule has 0 atom stereocenters. The van der Waals surface area contributed by atoms with Crippen LogP contribution in [-0.4, -0.2) is 20.7 Å². The van der Waals surface area contributed by atoms with Crippen LogP contribution < -0.4 is 9.64 Å². The summed E-state index contributed by atoms with van der Waals surface area (Å²) in [5, 5.41) is 8.59. The second kappa shape index (κ2) is 5.41. The van der Waals surface area contributed by atoms with Gasteiger partial charge in [0.15, 0.2) is 0 Å². The Labute approximate surface area is 97.3 Å². The first-order chi connectivity index (χ1) is 7.60. The summed E-state index contributed by atoms with van der Waals surface area (Å²) in [6, 6.07) is 6.34. The van der Waals surface area contributed by atoms with Crippen LogP contribution in [0.1, 0.15) is 17.5 Å². The SMILES string of the molecule is COc1c(C)cc(C)cc1N(C)CCC#N. The summed E-state index contributed by atoms with van der Waals surface area (Å²) in [4.78, 5) is 2.06. The molecule has 3 heteroatoms. The molecule has 0 unspecified atom stereocenters. The molecule has 1 aromatic rings. The Bertz CT molecular complexity index is 407. The van der Waals surface area contributed by atoms with Crippen molar-refractivity contribution in [2.45, 2.75) is 20.3 Å². The highest BCUT2D eigenvalue weighted by molar-refractivity contribution is 5.63. The lowest BCUT2D eigenvalue weighted by atomic mass is 10.1. The molecule has 0 aromatic heterocycles. The van der Waals surface area contributed by atoms with Gasteiger partial charge in [-0.15, -0.1) is 0 Å². The van der Waals surface area contributed by atoms with Gasteiger partial charge in [-0.1, -0.05) is 6.07 Å². The van der Waals surface area contributed by atoms with Crippen molar-refractivity contribution in [3.8, 4) is 11.8 Å². The maximum Gasteiger partial charge on any atom is 0.145 e. The first-order valence-corrected chi connectivity index (χ1v) is 5.33. The van der Waals surface area contributed by atoms with E-state index in [1.807, 2.05) is 14.0 Å². The lowest BCUT2D eigenvalue weighted by molar-refractivity contribution is 0.411. The fraction of sp³-hybridized carbons (Fsp3) is 0.462. The van der Waals surface area contributed by atoms with Crippen molar-refractivity contribution in [2.24, 2.45) is 0 Å². The summed E-state index contributed by atoms with van der Waals surface area (Å²) in [6.07, 6.45) is 0.520. The largest absolute Gasteiger partial charge is 0.494 e. The maximum atomic E-state index is 8.59. The maximum absolute atomic E-state index is 8.59. The Kier molecular flexibility index (Phi) is 4.19. The van der Waals surface area contributed by atoms with Crippen LogP contribution in [0.25, 0.3) is 0 Å². The van der Waals surface area contributed by atoms with E-state index in [-0.39, 0.29) is 0 Å². The molecular formula is C13H18N2O. The smallest absolute Gasteiger partial charge is 0.145 e. The molecule has 3 nitrogen and oxygen atoms in total. The topological polar surface area (TPSA) is 36.3 Å². The first kappa shape index (κ1) is 12.4. The number of hydrogen-bond acceptors (Lipinski definition) is 3. The normalized spacial score (nSPS) is 9.69. The Morgan fingerprint density at radius 1 is 1.38 bits per heavy atom. The molecule has 0 N–H and O–H groups in total. The molecule has 0 heterocycles. The third-order valence-corrected chi connectivity index (χ3v) is 2.57. The summed E-state index contributed by atoms with van der Waals surface area (Å²) >= 11 is 0. The minimum absolute atomic E-state index is 0.520. The molecule has 0 bridgehead atoms. The molecule has 0 aliphatic carbocycles. The van der Waals surface area contributed by atoms with Gasteiger partial charge in [-0.2, -0.15) is 5.26 Å². The number of benzene rings is 1. The molecule has 0 saturated heterocycles. The van der Waals surface area contributed by atoms with Crippen molar-refractivity contribution in [3.63, 3.8) is 0 Å². The van der Waals surface area contributed by atoms with Crippen molar-refractivity contribution in [2.75, 3.05) is 25.6 Å². The lowest BCUT2D eigenvalue weighted by Crippen LogP contribution is -2.19. The minimum Gasteiger partial charge on any atom is -0.494 e. The summed E-state index contributed by atoms with van der Waals surface area (Å²) in [5.74, 6) is 0.894. The van der Waals surface area contributed by atoms with Gasteiger partial charge in [0.25, 0.3) is 0 Å². The number of anilines is 1. The number of nitriles is 1. The Morgan fingerprint density at radius 2 is 2.06 bits per heavy atom. The number of nitrogens with zero attached hydrogens (tertiary/aromatic N) is 2. The van der Waals surface area contributed by atoms with Gasteiger partial charge in [0, 0.05) is 13.6 Å². The van der Waals surface area contributed by atoms with Crippen LogP contribution in [0.15, 0.2) is 12.1 Å². The second-order valence-electron chi connectivity index (χ2n) is 3.96. The van der Waals surface area contributed by atoms with Gasteiger partial charge in [0.2, 0.25) is 0 Å². The van der Waals surface area contributed by atoms with Gasteiger partial charge in [-0.25, -0.2) is 0 Å². The number of hydrogen-bond donors (Lipinski definition) is 0. The van der Waals surface area contributed by atoms with E-state index < -0.39 is 0 Å². The molecule has 1 aromatic carbocycles. The fourth-order valence-corrected chi connectivity index (χ4v) is 1.82. The van der Waals surface area contributed by atoms with E-state index in [0.29, 0.717) is 6.42 Å². The third kappa shape index (κ3) is 2.66. The van der Waals surface area contributed by atoms with Crippen LogP contribution in [-0.2, 0) is 0 Å². The van der Waals surface area contributed by atoms with Crippen LogP contribution in [0, 0.1) is 25.2 Å². The molecule has 0 spiro atoms. The van der Waals surface area contributed by atoms with Gasteiger partial charge in [-0.3, -0.25) is 0 Å². The van der Waals surface area contributed by atoms with Gasteiger partial charge in [0.05, 0.1) is 25.3 Å². The molecule has 0 aliphatic rings. The van der Waals surface area contributed by atoms with Gasteiger partial charge >= 0.3 is 0 Å². The summed E-state index contributed by atoms with van der Waals surface area (Å²) in [5.41, 5.74) is 3.38. The average Bonchev–Trinajstić information content (AvgIpc) is 2.24. The van der Waals surface area contributed by atoms with Gasteiger partial charge in [-0.05, 0) is 31.0 Å². The molecular weight excluding hydrogens is 200 g/mol. The zero-order valence-corrected chi connectivity index (χ0v) is 10.4. The minimum atomic E-state index is 0.520. The predicted octanol–water partition coefficient (Wildman–Crippen LogP) is 2.66. The van der Waals surface area contributed by atoms with Gasteiger partial charge < -0.3 is 9.64 Å². The summed E-state index contributed by atoms with van der Waals surface area (Å²) in [7, 11) is 3.66. The average molecular weight is 218 g/mol. The van der Waals surface area contributed by atoms with Crippen LogP contribution in [0.2, 0.25) is 0 Å². The van der Waals surface area contributed by atoms with Crippen LogP contribution in [0.3, 0.4) is 0 Å². The standard InChI is InChI=1S/C13H18N2O/c1-10-8-11(2)13(16-4)12(9-10)15(3)7-5-6-14/h8-9H,5,7H2,1-4H3. The zero-order valence-electron chi connectivity index (χ0n) is 10.4. The first-order valence-electron chi connectivity index (χ1n) is 5.33. The molecule has 0 aliphatic heterocycles. The highest BCUT2D eigenvalue weighted by Crippen LogP contribution is 2.32. The second-order valence-corrected chi connectivity index (χ2v) is 3.96. The van der Waals surface area contributed by atoms with Crippen molar-refractivity contribution in [1.29, 1.82) is 5.26 Å². The summed E-state index contributed by atoms with van der Waals surface area (Å²) in [6.45, 7) is 4.82. The van der Waals surface area contributed by atoms with Gasteiger partial charge in [0.1, 0.15) is 5.75 Å². The highest BCUT2D eigenvalue weighted by Gasteiger charge is 2.11. The molecule has 0 amide bonds. The highest BCUT2D eigenvalue weighted by atomic mass is 16.5. The van der Waals surface area contributed by atoms with E-state index >= 15 is 0 Å². The van der Waals surface area contributed by atoms with E-state index in [9.17, 15) is 0 Å². The predicted molar refractivity (Wildman–Crippen MR) is 66.0 cm³/mol. The molecule has 0 fully saturated rings. The van der Waals surface area contributed by atoms with Crippen LogP contribution in [0.4, 0.5) is 5.69 Å². The number of methoxy groups -OCH3 is 1. The van der Waals surface area contributed by atoms with E-state index in [0.717, 1.165) is 23.5 Å². The van der Waals surface area contributed by atoms with Crippen molar-refractivity contribution >= 4 is 5.69 Å². The third-order valence-electron chi connectivity index (χ3n) is 2.57. The number of rotatable bonds is 4. The van der Waals surface area contributed by atoms with Crippen molar-refractivity contribution < 1.29 is 4.74 Å². The number of ether oxygens (including phenoxy) is 1. The molecule has 1 rings (SSSR count). The summed E-state index contributed by atoms with van der Waals surface area (Å²) < 4.78 is 5.41. The molecule has 0 saturated carbocycles. The Hall–Kier alpha value is -1.69. The van der Waals surface area contributed by atoms with E-state index in [1.165, 1.54) is 5.56 Å². The van der Waals surface area contributed by atoms with E-state index in [4.69, 9.17) is 10.00 Å². The van der Waals surface area contributed by atoms with Crippen molar-refractivity contribution in [3.05, 3.63) is 23.3 Å². The fourth-order valence-electron chi connectivity index (χ4n) is 1.82. The molecule has 86 valence electrons. The van der Waals surface area contributed by atoms with Crippen LogP contribution >= 0.6 is 0 Å². The number of aryl methyl sites for hydroxylation is 2. The van der Waals surface area contributed by atoms with E-state index in [1.54, 1.807) is 7.11 Å². The lowest BCUT2D eigenvalue weighted by Gasteiger charge is -2.22. The van der Waals surface area contributed by atoms with Crippen molar-refractivity contribution in [1.82, 2.24) is 0 Å². The van der Waals surface area contributed by atoms with E-state index in [2.05, 4.69) is 30.0 Å². The van der Waals surface area contributed by atoms with Crippen LogP contribution in [0.5, 0.6) is 5.75 Å².